The summed E-state index contributed by atoms with van der Waals surface area (Å²) >= 11 is 6.13. The minimum absolute atomic E-state index is 0.316. The zero-order valence-electron chi connectivity index (χ0n) is 9.40. The lowest BCUT2D eigenvalue weighted by Crippen LogP contribution is -2.17. The monoisotopic (exact) mass is 238 g/mol. The maximum absolute atomic E-state index is 6.13. The molecule has 1 aromatic heterocycles. The first kappa shape index (κ1) is 11.4. The summed E-state index contributed by atoms with van der Waals surface area (Å²) < 4.78 is 5.06. The third-order valence-corrected chi connectivity index (χ3v) is 3.20. The summed E-state index contributed by atoms with van der Waals surface area (Å²) in [5.74, 6) is 0.801. The largest absolute Gasteiger partial charge is 0.355 e. The number of nitrogens with zero attached hydrogens (tertiary/aromatic N) is 1. The van der Waals surface area contributed by atoms with Gasteiger partial charge in [-0.3, -0.25) is 0 Å². The smallest absolute Gasteiger partial charge is 0.185 e. The minimum Gasteiger partial charge on any atom is -0.355 e. The zero-order valence-corrected chi connectivity index (χ0v) is 10.2. The standard InChI is InChI=1S/C12H15ClN2O/c1-7(2)10(5-14)8-3-9-6-15-16-12(9)11(13)4-8/h3-4,6-7,10H,5,14H2,1-2H3. The van der Waals surface area contributed by atoms with Crippen LogP contribution in [0.4, 0.5) is 0 Å². The van der Waals surface area contributed by atoms with Crippen LogP contribution in [0, 0.1) is 5.92 Å². The van der Waals surface area contributed by atoms with Gasteiger partial charge in [0.25, 0.3) is 0 Å². The fourth-order valence-electron chi connectivity index (χ4n) is 1.97. The van der Waals surface area contributed by atoms with Gasteiger partial charge >= 0.3 is 0 Å². The van der Waals surface area contributed by atoms with Gasteiger partial charge in [0, 0.05) is 5.39 Å². The van der Waals surface area contributed by atoms with E-state index in [2.05, 4.69) is 25.1 Å². The van der Waals surface area contributed by atoms with Gasteiger partial charge in [-0.25, -0.2) is 0 Å². The Balaban J connectivity index is 2.52. The van der Waals surface area contributed by atoms with E-state index in [4.69, 9.17) is 21.9 Å². The Kier molecular flexibility index (Phi) is 3.17. The molecule has 0 aliphatic carbocycles. The molecule has 1 atom stereocenters. The van der Waals surface area contributed by atoms with Gasteiger partial charge in [-0.15, -0.1) is 0 Å². The highest BCUT2D eigenvalue weighted by Crippen LogP contribution is 2.31. The first-order valence-electron chi connectivity index (χ1n) is 5.37. The molecule has 0 bridgehead atoms. The van der Waals surface area contributed by atoms with E-state index in [-0.39, 0.29) is 0 Å². The summed E-state index contributed by atoms with van der Waals surface area (Å²) in [4.78, 5) is 0. The van der Waals surface area contributed by atoms with E-state index < -0.39 is 0 Å². The molecule has 0 amide bonds. The SMILES string of the molecule is CC(C)C(CN)c1cc(Cl)c2oncc2c1. The fraction of sp³-hybridized carbons (Fsp3) is 0.417. The summed E-state index contributed by atoms with van der Waals surface area (Å²) in [6, 6.07) is 3.97. The number of benzene rings is 1. The van der Waals surface area contributed by atoms with Crippen LogP contribution in [0.3, 0.4) is 0 Å². The van der Waals surface area contributed by atoms with Gasteiger partial charge in [0.15, 0.2) is 5.58 Å². The molecule has 1 heterocycles. The van der Waals surface area contributed by atoms with Crippen molar-refractivity contribution in [2.45, 2.75) is 19.8 Å². The lowest BCUT2D eigenvalue weighted by atomic mass is 9.88. The van der Waals surface area contributed by atoms with Gasteiger partial charge in [-0.1, -0.05) is 30.6 Å². The van der Waals surface area contributed by atoms with Crippen LogP contribution in [0.2, 0.25) is 5.02 Å². The van der Waals surface area contributed by atoms with Gasteiger partial charge in [0.2, 0.25) is 0 Å². The van der Waals surface area contributed by atoms with Gasteiger partial charge in [-0.05, 0) is 36.1 Å². The molecule has 0 radical (unpaired) electrons. The molecule has 0 saturated carbocycles. The maximum atomic E-state index is 6.13. The van der Waals surface area contributed by atoms with E-state index in [0.29, 0.717) is 29.0 Å². The lowest BCUT2D eigenvalue weighted by Gasteiger charge is -2.19. The molecule has 2 aromatic rings. The van der Waals surface area contributed by atoms with Gasteiger partial charge in [0.05, 0.1) is 11.2 Å². The number of nitrogens with two attached hydrogens (primary N) is 1. The highest BCUT2D eigenvalue weighted by Gasteiger charge is 2.16. The average molecular weight is 239 g/mol. The second-order valence-electron chi connectivity index (χ2n) is 4.33. The van der Waals surface area contributed by atoms with Crippen molar-refractivity contribution in [2.75, 3.05) is 6.54 Å². The lowest BCUT2D eigenvalue weighted by molar-refractivity contribution is 0.456. The predicted molar refractivity (Wildman–Crippen MR) is 65.7 cm³/mol. The van der Waals surface area contributed by atoms with Crippen molar-refractivity contribution in [3.05, 3.63) is 28.9 Å². The van der Waals surface area contributed by atoms with E-state index in [1.807, 2.05) is 6.07 Å². The molecule has 0 saturated heterocycles. The summed E-state index contributed by atoms with van der Waals surface area (Å²) in [5, 5.41) is 5.28. The highest BCUT2D eigenvalue weighted by molar-refractivity contribution is 6.34. The van der Waals surface area contributed by atoms with Crippen molar-refractivity contribution >= 4 is 22.6 Å². The molecule has 1 unspecified atom stereocenters. The van der Waals surface area contributed by atoms with E-state index in [9.17, 15) is 0 Å². The van der Waals surface area contributed by atoms with Gasteiger partial charge < -0.3 is 10.3 Å². The van der Waals surface area contributed by atoms with Crippen molar-refractivity contribution in [2.24, 2.45) is 11.7 Å². The topological polar surface area (TPSA) is 52.0 Å². The van der Waals surface area contributed by atoms with Crippen LogP contribution in [0.25, 0.3) is 11.0 Å². The van der Waals surface area contributed by atoms with Crippen LogP contribution >= 0.6 is 11.6 Å². The van der Waals surface area contributed by atoms with Crippen molar-refractivity contribution in [1.82, 2.24) is 5.16 Å². The Bertz CT molecular complexity index is 493. The van der Waals surface area contributed by atoms with E-state index in [1.165, 1.54) is 0 Å². The summed E-state index contributed by atoms with van der Waals surface area (Å²) in [7, 11) is 0. The minimum atomic E-state index is 0.316. The Morgan fingerprint density at radius 3 is 2.81 bits per heavy atom. The quantitative estimate of drug-likeness (QED) is 0.894. The highest BCUT2D eigenvalue weighted by atomic mass is 35.5. The van der Waals surface area contributed by atoms with Gasteiger partial charge in [0.1, 0.15) is 0 Å². The number of hydrogen-bond donors (Lipinski definition) is 1. The van der Waals surface area contributed by atoms with E-state index in [1.54, 1.807) is 6.20 Å². The molecule has 4 heteroatoms. The van der Waals surface area contributed by atoms with Crippen LogP contribution in [-0.2, 0) is 0 Å². The molecule has 0 aliphatic rings. The number of halogens is 1. The molecule has 0 aliphatic heterocycles. The molecule has 2 N–H and O–H groups in total. The van der Waals surface area contributed by atoms with Crippen LogP contribution in [0.1, 0.15) is 25.3 Å². The fourth-order valence-corrected chi connectivity index (χ4v) is 2.24. The van der Waals surface area contributed by atoms with Crippen molar-refractivity contribution in [3.8, 4) is 0 Å². The summed E-state index contributed by atoms with van der Waals surface area (Å²) in [6.45, 7) is 4.93. The zero-order chi connectivity index (χ0) is 11.7. The van der Waals surface area contributed by atoms with E-state index in [0.717, 1.165) is 10.9 Å². The van der Waals surface area contributed by atoms with Crippen molar-refractivity contribution < 1.29 is 4.52 Å². The van der Waals surface area contributed by atoms with Crippen molar-refractivity contribution in [1.29, 1.82) is 0 Å². The number of rotatable bonds is 3. The third-order valence-electron chi connectivity index (χ3n) is 2.92. The number of hydrogen-bond acceptors (Lipinski definition) is 3. The maximum Gasteiger partial charge on any atom is 0.185 e. The Morgan fingerprint density at radius 1 is 1.44 bits per heavy atom. The average Bonchev–Trinajstić information content (AvgIpc) is 2.66. The van der Waals surface area contributed by atoms with Crippen LogP contribution < -0.4 is 5.73 Å². The molecular weight excluding hydrogens is 224 g/mol. The Labute approximate surface area is 99.5 Å². The summed E-state index contributed by atoms with van der Waals surface area (Å²) in [5.41, 5.74) is 7.59. The molecule has 1 aromatic carbocycles. The first-order valence-corrected chi connectivity index (χ1v) is 5.75. The Morgan fingerprint density at radius 2 is 2.19 bits per heavy atom. The predicted octanol–water partition coefficient (Wildman–Crippen LogP) is 3.18. The first-order chi connectivity index (χ1) is 7.63. The van der Waals surface area contributed by atoms with Crippen LogP contribution in [0.15, 0.2) is 22.9 Å². The molecule has 0 fully saturated rings. The molecule has 16 heavy (non-hydrogen) atoms. The molecule has 3 nitrogen and oxygen atoms in total. The molecule has 86 valence electrons. The summed E-state index contributed by atoms with van der Waals surface area (Å²) in [6.07, 6.45) is 1.68. The molecular formula is C12H15ClN2O. The number of aromatic nitrogens is 1. The third kappa shape index (κ3) is 1.93. The van der Waals surface area contributed by atoms with Crippen LogP contribution in [0.5, 0.6) is 0 Å². The number of fused-ring (bicyclic) bond motifs is 1. The molecule has 2 rings (SSSR count). The van der Waals surface area contributed by atoms with Crippen molar-refractivity contribution in [3.63, 3.8) is 0 Å². The molecule has 0 spiro atoms. The Hall–Kier alpha value is -1.06. The van der Waals surface area contributed by atoms with Crippen LogP contribution in [-0.4, -0.2) is 11.7 Å². The second kappa shape index (κ2) is 4.44. The van der Waals surface area contributed by atoms with Gasteiger partial charge in [-0.2, -0.15) is 0 Å². The second-order valence-corrected chi connectivity index (χ2v) is 4.74. The normalized spacial score (nSPS) is 13.6. The van der Waals surface area contributed by atoms with E-state index >= 15 is 0 Å².